The molecule has 9 nitrogen and oxygen atoms in total. The number of phenolic OH excluding ortho intramolecular Hbond substituents is 1. The van der Waals surface area contributed by atoms with Gasteiger partial charge in [0.1, 0.15) is 22.8 Å². The van der Waals surface area contributed by atoms with Crippen LogP contribution in [0.1, 0.15) is 52.5 Å². The molecule has 0 aliphatic heterocycles. The van der Waals surface area contributed by atoms with Gasteiger partial charge in [0, 0.05) is 38.2 Å². The number of phenols is 1. The van der Waals surface area contributed by atoms with Crippen molar-refractivity contribution < 1.29 is 34.5 Å². The Morgan fingerprint density at radius 1 is 1.15 bits per heavy atom. The van der Waals surface area contributed by atoms with Gasteiger partial charge in [0.05, 0.1) is 17.0 Å². The van der Waals surface area contributed by atoms with Crippen LogP contribution >= 0.6 is 0 Å². The van der Waals surface area contributed by atoms with Crippen molar-refractivity contribution in [1.29, 1.82) is 0 Å². The van der Waals surface area contributed by atoms with Crippen molar-refractivity contribution in [1.82, 2.24) is 0 Å². The summed E-state index contributed by atoms with van der Waals surface area (Å²) in [4.78, 5) is 52.4. The average molecular weight is 454 g/mol. The summed E-state index contributed by atoms with van der Waals surface area (Å²) < 4.78 is 0. The van der Waals surface area contributed by atoms with E-state index in [0.29, 0.717) is 24.1 Å². The Hall–Kier alpha value is -3.62. The molecule has 0 saturated carbocycles. The molecule has 1 amide bonds. The van der Waals surface area contributed by atoms with E-state index in [-0.39, 0.29) is 35.3 Å². The topological polar surface area (TPSA) is 158 Å². The molecule has 0 heterocycles. The quantitative estimate of drug-likeness (QED) is 0.398. The van der Waals surface area contributed by atoms with E-state index in [1.807, 2.05) is 0 Å². The summed E-state index contributed by atoms with van der Waals surface area (Å²) in [6.45, 7) is 1.65. The maximum atomic E-state index is 13.6. The minimum absolute atomic E-state index is 0.00316. The number of rotatable bonds is 4. The number of primary amides is 1. The third-order valence-electron chi connectivity index (χ3n) is 6.97. The maximum absolute atomic E-state index is 13.6. The molecule has 3 aliphatic carbocycles. The number of nitrogens with two attached hydrogens (primary N) is 1. The molecule has 0 spiro atoms. The number of carbonyl (C=O) groups is 4. The Morgan fingerprint density at radius 2 is 1.82 bits per heavy atom. The summed E-state index contributed by atoms with van der Waals surface area (Å²) in [5, 5.41) is 32.2. The Bertz CT molecular complexity index is 1190. The van der Waals surface area contributed by atoms with Crippen LogP contribution in [0.15, 0.2) is 28.7 Å². The lowest BCUT2D eigenvalue weighted by atomic mass is 9.62. The maximum Gasteiger partial charge on any atom is 0.255 e. The molecule has 0 aromatic heterocycles. The van der Waals surface area contributed by atoms with Crippen LogP contribution < -0.4 is 10.6 Å². The van der Waals surface area contributed by atoms with Crippen molar-refractivity contribution in [3.63, 3.8) is 0 Å². The SMILES string of the molecule is CCC(=O)c1cc(N(C)C)c2c(c1O)C(=O)C1=C(O)C3C(=O)C(C(N)=O)=C(O)CC3CC1C2. The summed E-state index contributed by atoms with van der Waals surface area (Å²) >= 11 is 0. The number of anilines is 1. The summed E-state index contributed by atoms with van der Waals surface area (Å²) in [6.07, 6.45) is 0.736. The summed E-state index contributed by atoms with van der Waals surface area (Å²) in [6, 6.07) is 1.57. The van der Waals surface area contributed by atoms with Gasteiger partial charge >= 0.3 is 0 Å². The van der Waals surface area contributed by atoms with Gasteiger partial charge in [-0.2, -0.15) is 0 Å². The number of Topliss-reactive ketones (excluding diaryl/α,β-unsaturated/α-hetero) is 3. The zero-order valence-corrected chi connectivity index (χ0v) is 18.6. The molecular formula is C24H26N2O7. The van der Waals surface area contributed by atoms with E-state index in [1.54, 1.807) is 32.0 Å². The Kier molecular flexibility index (Phi) is 5.30. The number of benzene rings is 1. The molecule has 0 saturated heterocycles. The summed E-state index contributed by atoms with van der Waals surface area (Å²) in [5.74, 6) is -6.29. The molecule has 3 unspecified atom stereocenters. The highest BCUT2D eigenvalue weighted by Gasteiger charge is 2.50. The Labute approximate surface area is 190 Å². The number of aliphatic hydroxyl groups is 2. The van der Waals surface area contributed by atoms with E-state index in [1.165, 1.54) is 0 Å². The molecule has 5 N–H and O–H groups in total. The highest BCUT2D eigenvalue weighted by atomic mass is 16.3. The largest absolute Gasteiger partial charge is 0.511 e. The Morgan fingerprint density at radius 3 is 2.39 bits per heavy atom. The van der Waals surface area contributed by atoms with E-state index in [4.69, 9.17) is 5.73 Å². The molecular weight excluding hydrogens is 428 g/mol. The summed E-state index contributed by atoms with van der Waals surface area (Å²) in [7, 11) is 3.54. The van der Waals surface area contributed by atoms with Gasteiger partial charge in [0.25, 0.3) is 5.91 Å². The lowest BCUT2D eigenvalue weighted by Gasteiger charge is -2.41. The molecule has 1 aromatic rings. The summed E-state index contributed by atoms with van der Waals surface area (Å²) in [5.41, 5.74) is 5.85. The fourth-order valence-corrected chi connectivity index (χ4v) is 5.49. The zero-order valence-electron chi connectivity index (χ0n) is 18.6. The standard InChI is InChI=1S/C24H26N2O7/c1-4-14(27)12-8-13(26(2)3)11-6-9-5-10-7-15(28)19(24(25)33)23(32)17(10)21(30)16(9)22(31)18(11)20(12)29/h8-10,17,28-30H,4-7H2,1-3H3,(H2,25,33). The predicted octanol–water partition coefficient (Wildman–Crippen LogP) is 2.12. The van der Waals surface area contributed by atoms with E-state index >= 15 is 0 Å². The van der Waals surface area contributed by atoms with Crippen LogP contribution in [-0.4, -0.2) is 52.7 Å². The number of aromatic hydroxyl groups is 1. The molecule has 9 heteroatoms. The zero-order chi connectivity index (χ0) is 24.4. The molecule has 3 aliphatic rings. The third-order valence-corrected chi connectivity index (χ3v) is 6.97. The normalized spacial score (nSPS) is 24.3. The second-order valence-electron chi connectivity index (χ2n) is 9.07. The van der Waals surface area contributed by atoms with E-state index in [9.17, 15) is 34.5 Å². The van der Waals surface area contributed by atoms with Crippen molar-refractivity contribution in [3.05, 3.63) is 45.4 Å². The Balaban J connectivity index is 1.91. The van der Waals surface area contributed by atoms with Gasteiger partial charge in [-0.3, -0.25) is 19.2 Å². The van der Waals surface area contributed by atoms with Gasteiger partial charge in [-0.25, -0.2) is 0 Å². The van der Waals surface area contributed by atoms with Gasteiger partial charge in [-0.1, -0.05) is 6.92 Å². The first kappa shape index (κ1) is 22.6. The fourth-order valence-electron chi connectivity index (χ4n) is 5.49. The van der Waals surface area contributed by atoms with Gasteiger partial charge in [0.2, 0.25) is 0 Å². The first-order chi connectivity index (χ1) is 15.5. The second kappa shape index (κ2) is 7.75. The van der Waals surface area contributed by atoms with E-state index in [2.05, 4.69) is 0 Å². The average Bonchev–Trinajstić information content (AvgIpc) is 2.72. The number of hydrogen-bond donors (Lipinski definition) is 4. The smallest absolute Gasteiger partial charge is 0.255 e. The van der Waals surface area contributed by atoms with E-state index in [0.717, 1.165) is 0 Å². The van der Waals surface area contributed by atoms with Crippen molar-refractivity contribution in [3.8, 4) is 5.75 Å². The molecule has 0 radical (unpaired) electrons. The van der Waals surface area contributed by atoms with Crippen molar-refractivity contribution in [2.45, 2.75) is 32.6 Å². The molecule has 174 valence electrons. The number of aliphatic hydroxyl groups excluding tert-OH is 2. The molecule has 33 heavy (non-hydrogen) atoms. The van der Waals surface area contributed by atoms with Gasteiger partial charge in [0.15, 0.2) is 17.3 Å². The molecule has 3 atom stereocenters. The van der Waals surface area contributed by atoms with Crippen LogP contribution in [0.4, 0.5) is 5.69 Å². The van der Waals surface area contributed by atoms with Crippen LogP contribution in [-0.2, 0) is 16.0 Å². The van der Waals surface area contributed by atoms with Crippen molar-refractivity contribution in [2.75, 3.05) is 19.0 Å². The third kappa shape index (κ3) is 3.21. The number of amides is 1. The number of nitrogens with zero attached hydrogens (tertiary/aromatic N) is 1. The van der Waals surface area contributed by atoms with Gasteiger partial charge < -0.3 is 26.0 Å². The van der Waals surface area contributed by atoms with E-state index < -0.39 is 58.1 Å². The fraction of sp³-hybridized carbons (Fsp3) is 0.417. The van der Waals surface area contributed by atoms with Crippen LogP contribution in [0.2, 0.25) is 0 Å². The van der Waals surface area contributed by atoms with Crippen molar-refractivity contribution in [2.24, 2.45) is 23.5 Å². The lowest BCUT2D eigenvalue weighted by molar-refractivity contribution is -0.126. The number of carbonyl (C=O) groups excluding carboxylic acids is 4. The lowest BCUT2D eigenvalue weighted by Crippen LogP contribution is -2.43. The van der Waals surface area contributed by atoms with Crippen LogP contribution in [0, 0.1) is 17.8 Å². The number of fused-ring (bicyclic) bond motifs is 3. The van der Waals surface area contributed by atoms with Crippen LogP contribution in [0.5, 0.6) is 5.75 Å². The predicted molar refractivity (Wildman–Crippen MR) is 118 cm³/mol. The van der Waals surface area contributed by atoms with Crippen molar-refractivity contribution >= 4 is 28.9 Å². The molecule has 1 aromatic carbocycles. The molecule has 4 rings (SSSR count). The highest BCUT2D eigenvalue weighted by Crippen LogP contribution is 2.51. The van der Waals surface area contributed by atoms with Crippen LogP contribution in [0.25, 0.3) is 0 Å². The molecule has 0 fully saturated rings. The number of allylic oxidation sites excluding steroid dienone is 3. The van der Waals surface area contributed by atoms with Crippen LogP contribution in [0.3, 0.4) is 0 Å². The first-order valence-corrected chi connectivity index (χ1v) is 10.8. The first-order valence-electron chi connectivity index (χ1n) is 10.8. The highest BCUT2D eigenvalue weighted by molar-refractivity contribution is 6.22. The number of ketones is 3. The van der Waals surface area contributed by atoms with Gasteiger partial charge in [-0.15, -0.1) is 0 Å². The second-order valence-corrected chi connectivity index (χ2v) is 9.07. The van der Waals surface area contributed by atoms with Gasteiger partial charge in [-0.05, 0) is 36.3 Å². The minimum Gasteiger partial charge on any atom is -0.511 e. The monoisotopic (exact) mass is 454 g/mol. The number of hydrogen-bond acceptors (Lipinski definition) is 8. The molecule has 0 bridgehead atoms. The minimum atomic E-state index is -1.17.